The fourth-order valence-electron chi connectivity index (χ4n) is 1.66. The SMILES string of the molecule is CCSCCC(C)NS(=O)(=O)c1ccc(CN)c(Cl)c1. The summed E-state index contributed by atoms with van der Waals surface area (Å²) in [5, 5.41) is 0.379. The van der Waals surface area contributed by atoms with Crippen LogP contribution in [0.2, 0.25) is 5.02 Å². The maximum atomic E-state index is 12.2. The van der Waals surface area contributed by atoms with Gasteiger partial charge in [-0.25, -0.2) is 13.1 Å². The minimum atomic E-state index is -3.53. The highest BCUT2D eigenvalue weighted by Gasteiger charge is 2.18. The van der Waals surface area contributed by atoms with E-state index in [0.29, 0.717) is 5.02 Å². The van der Waals surface area contributed by atoms with E-state index in [1.165, 1.54) is 12.1 Å². The summed E-state index contributed by atoms with van der Waals surface area (Å²) in [6.07, 6.45) is 0.798. The van der Waals surface area contributed by atoms with E-state index in [-0.39, 0.29) is 17.5 Å². The van der Waals surface area contributed by atoms with Crippen LogP contribution in [0, 0.1) is 0 Å². The molecule has 0 spiro atoms. The van der Waals surface area contributed by atoms with Gasteiger partial charge in [0.25, 0.3) is 0 Å². The van der Waals surface area contributed by atoms with E-state index < -0.39 is 10.0 Å². The first-order chi connectivity index (χ1) is 9.40. The lowest BCUT2D eigenvalue weighted by atomic mass is 10.2. The van der Waals surface area contributed by atoms with Gasteiger partial charge in [0.05, 0.1) is 4.90 Å². The number of thioether (sulfide) groups is 1. The van der Waals surface area contributed by atoms with Gasteiger partial charge in [-0.05, 0) is 42.5 Å². The van der Waals surface area contributed by atoms with Crippen molar-refractivity contribution in [2.24, 2.45) is 5.73 Å². The molecule has 0 aliphatic heterocycles. The minimum Gasteiger partial charge on any atom is -0.326 e. The van der Waals surface area contributed by atoms with Gasteiger partial charge < -0.3 is 5.73 Å². The average Bonchev–Trinajstić information content (AvgIpc) is 2.38. The van der Waals surface area contributed by atoms with Crippen molar-refractivity contribution in [3.63, 3.8) is 0 Å². The van der Waals surface area contributed by atoms with Crippen LogP contribution in [0.1, 0.15) is 25.8 Å². The fraction of sp³-hybridized carbons (Fsp3) is 0.538. The van der Waals surface area contributed by atoms with Crippen LogP contribution < -0.4 is 10.5 Å². The van der Waals surface area contributed by atoms with Crippen LogP contribution in [0.5, 0.6) is 0 Å². The molecule has 1 unspecified atom stereocenters. The zero-order valence-corrected chi connectivity index (χ0v) is 14.1. The second-order valence-corrected chi connectivity index (χ2v) is 7.98. The molecule has 0 saturated carbocycles. The van der Waals surface area contributed by atoms with E-state index in [1.807, 2.05) is 6.92 Å². The van der Waals surface area contributed by atoms with Gasteiger partial charge in [-0.15, -0.1) is 0 Å². The Morgan fingerprint density at radius 1 is 1.45 bits per heavy atom. The number of rotatable bonds is 8. The molecule has 0 aromatic heterocycles. The average molecular weight is 337 g/mol. The number of benzene rings is 1. The highest BCUT2D eigenvalue weighted by Crippen LogP contribution is 2.20. The molecule has 1 rings (SSSR count). The monoisotopic (exact) mass is 336 g/mol. The predicted octanol–water partition coefficient (Wildman–Crippen LogP) is 2.61. The smallest absolute Gasteiger partial charge is 0.240 e. The van der Waals surface area contributed by atoms with Gasteiger partial charge in [-0.3, -0.25) is 0 Å². The van der Waals surface area contributed by atoms with E-state index in [9.17, 15) is 8.42 Å². The molecule has 0 aliphatic carbocycles. The van der Waals surface area contributed by atoms with Gasteiger partial charge in [-0.1, -0.05) is 24.6 Å². The fourth-order valence-corrected chi connectivity index (χ4v) is 4.09. The Morgan fingerprint density at radius 2 is 2.15 bits per heavy atom. The first-order valence-corrected chi connectivity index (χ1v) is 9.50. The first-order valence-electron chi connectivity index (χ1n) is 6.49. The topological polar surface area (TPSA) is 72.2 Å². The van der Waals surface area contributed by atoms with Crippen LogP contribution in [0.15, 0.2) is 23.1 Å². The van der Waals surface area contributed by atoms with Gasteiger partial charge in [-0.2, -0.15) is 11.8 Å². The van der Waals surface area contributed by atoms with Gasteiger partial charge in [0.15, 0.2) is 0 Å². The third-order valence-corrected chi connectivity index (χ3v) is 5.68. The molecule has 114 valence electrons. The van der Waals surface area contributed by atoms with Crippen LogP contribution in [0.4, 0.5) is 0 Å². The van der Waals surface area contributed by atoms with Gasteiger partial charge in [0.2, 0.25) is 10.0 Å². The zero-order valence-electron chi connectivity index (χ0n) is 11.7. The van der Waals surface area contributed by atoms with E-state index in [1.54, 1.807) is 17.8 Å². The number of sulfonamides is 1. The summed E-state index contributed by atoms with van der Waals surface area (Å²) in [5.74, 6) is 1.97. The van der Waals surface area contributed by atoms with Crippen LogP contribution in [-0.4, -0.2) is 26.0 Å². The first kappa shape index (κ1) is 17.8. The van der Waals surface area contributed by atoms with Crippen molar-refractivity contribution in [1.82, 2.24) is 4.72 Å². The van der Waals surface area contributed by atoms with Gasteiger partial charge in [0.1, 0.15) is 0 Å². The zero-order chi connectivity index (χ0) is 15.2. The van der Waals surface area contributed by atoms with Crippen LogP contribution in [0.25, 0.3) is 0 Å². The summed E-state index contributed by atoms with van der Waals surface area (Å²) in [7, 11) is -3.53. The van der Waals surface area contributed by atoms with Crippen molar-refractivity contribution in [2.75, 3.05) is 11.5 Å². The van der Waals surface area contributed by atoms with Crippen molar-refractivity contribution in [3.8, 4) is 0 Å². The largest absolute Gasteiger partial charge is 0.326 e. The standard InChI is InChI=1S/C13H21ClN2O2S2/c1-3-19-7-6-10(2)16-20(17,18)12-5-4-11(9-15)13(14)8-12/h4-5,8,10,16H,3,6-7,9,15H2,1-2H3. The van der Waals surface area contributed by atoms with Crippen molar-refractivity contribution in [2.45, 2.75) is 37.8 Å². The third kappa shape index (κ3) is 5.26. The number of nitrogens with two attached hydrogens (primary N) is 1. The lowest BCUT2D eigenvalue weighted by Crippen LogP contribution is -2.33. The summed E-state index contributed by atoms with van der Waals surface area (Å²) in [5.41, 5.74) is 6.24. The van der Waals surface area contributed by atoms with Crippen LogP contribution >= 0.6 is 23.4 Å². The Hall–Kier alpha value is -0.270. The summed E-state index contributed by atoms with van der Waals surface area (Å²) in [6.45, 7) is 4.24. The van der Waals surface area contributed by atoms with Gasteiger partial charge >= 0.3 is 0 Å². The summed E-state index contributed by atoms with van der Waals surface area (Å²) >= 11 is 7.79. The molecular formula is C13H21ClN2O2S2. The Kier molecular flexibility index (Phi) is 7.33. The van der Waals surface area contributed by atoms with Crippen LogP contribution in [0.3, 0.4) is 0 Å². The third-order valence-electron chi connectivity index (χ3n) is 2.81. The molecule has 0 bridgehead atoms. The van der Waals surface area contributed by atoms with E-state index in [0.717, 1.165) is 23.5 Å². The molecule has 4 nitrogen and oxygen atoms in total. The highest BCUT2D eigenvalue weighted by molar-refractivity contribution is 7.99. The molecule has 0 radical (unpaired) electrons. The molecule has 1 atom stereocenters. The maximum absolute atomic E-state index is 12.2. The molecule has 3 N–H and O–H groups in total. The lowest BCUT2D eigenvalue weighted by Gasteiger charge is -2.14. The van der Waals surface area contributed by atoms with Crippen molar-refractivity contribution in [3.05, 3.63) is 28.8 Å². The minimum absolute atomic E-state index is 0.105. The summed E-state index contributed by atoms with van der Waals surface area (Å²) < 4.78 is 27.1. The Labute approximate surface area is 130 Å². The number of halogens is 1. The Bertz CT molecular complexity index is 535. The molecule has 1 aromatic carbocycles. The van der Waals surface area contributed by atoms with E-state index in [4.69, 9.17) is 17.3 Å². The van der Waals surface area contributed by atoms with Crippen molar-refractivity contribution >= 4 is 33.4 Å². The molecule has 1 aromatic rings. The maximum Gasteiger partial charge on any atom is 0.240 e. The van der Waals surface area contributed by atoms with Gasteiger partial charge in [0, 0.05) is 17.6 Å². The summed E-state index contributed by atoms with van der Waals surface area (Å²) in [4.78, 5) is 0.176. The number of hydrogen-bond donors (Lipinski definition) is 2. The molecular weight excluding hydrogens is 316 g/mol. The molecule has 0 saturated heterocycles. The highest BCUT2D eigenvalue weighted by atomic mass is 35.5. The lowest BCUT2D eigenvalue weighted by molar-refractivity contribution is 0.557. The quantitative estimate of drug-likeness (QED) is 0.716. The van der Waals surface area contributed by atoms with Crippen molar-refractivity contribution in [1.29, 1.82) is 0 Å². The number of nitrogens with one attached hydrogen (secondary N) is 1. The normalized spacial score (nSPS) is 13.4. The van der Waals surface area contributed by atoms with Crippen molar-refractivity contribution < 1.29 is 8.42 Å². The van der Waals surface area contributed by atoms with Crippen LogP contribution in [-0.2, 0) is 16.6 Å². The molecule has 0 aliphatic rings. The van der Waals surface area contributed by atoms with E-state index >= 15 is 0 Å². The number of hydrogen-bond acceptors (Lipinski definition) is 4. The second-order valence-electron chi connectivity index (χ2n) is 4.47. The second kappa shape index (κ2) is 8.24. The molecule has 20 heavy (non-hydrogen) atoms. The van der Waals surface area contributed by atoms with E-state index in [2.05, 4.69) is 11.6 Å². The molecule has 0 fully saturated rings. The summed E-state index contributed by atoms with van der Waals surface area (Å²) in [6, 6.07) is 4.52. The Balaban J connectivity index is 2.75. The predicted molar refractivity (Wildman–Crippen MR) is 86.7 cm³/mol. The molecule has 7 heteroatoms. The molecule has 0 amide bonds. The Morgan fingerprint density at radius 3 is 2.70 bits per heavy atom. The molecule has 0 heterocycles.